The van der Waals surface area contributed by atoms with Crippen LogP contribution in [0, 0.1) is 0 Å². The van der Waals surface area contributed by atoms with E-state index in [4.69, 9.17) is 16.3 Å². The molecule has 1 N–H and O–H groups in total. The Balaban J connectivity index is 1.86. The Morgan fingerprint density at radius 3 is 2.18 bits per heavy atom. The Kier molecular flexibility index (Phi) is 12.7. The van der Waals surface area contributed by atoms with Crippen molar-refractivity contribution in [3.05, 3.63) is 125 Å². The van der Waals surface area contributed by atoms with Crippen molar-refractivity contribution in [1.82, 2.24) is 10.2 Å². The van der Waals surface area contributed by atoms with E-state index in [1.165, 1.54) is 36.3 Å². The molecule has 4 aromatic rings. The zero-order valence-electron chi connectivity index (χ0n) is 27.0. The van der Waals surface area contributed by atoms with Crippen molar-refractivity contribution < 1.29 is 35.9 Å². The molecule has 0 spiro atoms. The highest BCUT2D eigenvalue weighted by molar-refractivity contribution is 7.92. The van der Waals surface area contributed by atoms with Crippen molar-refractivity contribution in [3.63, 3.8) is 0 Å². The molecule has 0 bridgehead atoms. The lowest BCUT2D eigenvalue weighted by Gasteiger charge is -2.34. The summed E-state index contributed by atoms with van der Waals surface area (Å²) in [5.41, 5.74) is -0.391. The quantitative estimate of drug-likeness (QED) is 0.132. The summed E-state index contributed by atoms with van der Waals surface area (Å²) < 4.78 is 75.8. The number of carbonyl (C=O) groups is 2. The number of rotatable bonds is 15. The summed E-state index contributed by atoms with van der Waals surface area (Å²) in [6, 6.07) is 23.9. The molecule has 0 saturated carbocycles. The monoisotopic (exact) mass is 715 g/mol. The van der Waals surface area contributed by atoms with E-state index >= 15 is 0 Å². The maximum atomic E-state index is 14.6. The Hall–Kier alpha value is -4.55. The lowest BCUT2D eigenvalue weighted by atomic mass is 10.0. The van der Waals surface area contributed by atoms with Crippen molar-refractivity contribution in [1.29, 1.82) is 0 Å². The van der Waals surface area contributed by atoms with Gasteiger partial charge in [-0.1, -0.05) is 85.6 Å². The predicted molar refractivity (Wildman–Crippen MR) is 183 cm³/mol. The molecule has 260 valence electrons. The van der Waals surface area contributed by atoms with Gasteiger partial charge in [0, 0.05) is 19.5 Å². The lowest BCUT2D eigenvalue weighted by molar-refractivity contribution is -0.140. The number of nitrogens with one attached hydrogen (secondary N) is 1. The first-order chi connectivity index (χ1) is 23.3. The van der Waals surface area contributed by atoms with Crippen LogP contribution in [-0.4, -0.2) is 51.4 Å². The molecular weight excluding hydrogens is 679 g/mol. The van der Waals surface area contributed by atoms with Gasteiger partial charge in [0.2, 0.25) is 11.8 Å². The van der Waals surface area contributed by atoms with Crippen molar-refractivity contribution in [2.75, 3.05) is 24.5 Å². The highest BCUT2D eigenvalue weighted by atomic mass is 35.5. The number of nitrogens with zero attached hydrogens (tertiary/aromatic N) is 2. The number of unbranched alkanes of at least 4 members (excludes halogenated alkanes) is 1. The first-order valence-electron chi connectivity index (χ1n) is 15.5. The number of methoxy groups -OCH3 is 1. The van der Waals surface area contributed by atoms with E-state index in [2.05, 4.69) is 5.32 Å². The molecule has 4 rings (SSSR count). The lowest BCUT2D eigenvalue weighted by Crippen LogP contribution is -2.53. The molecule has 13 heteroatoms. The van der Waals surface area contributed by atoms with Gasteiger partial charge in [0.1, 0.15) is 18.3 Å². The van der Waals surface area contributed by atoms with Crippen molar-refractivity contribution >= 4 is 39.1 Å². The third-order valence-electron chi connectivity index (χ3n) is 7.74. The van der Waals surface area contributed by atoms with Crippen LogP contribution in [0.15, 0.2) is 108 Å². The molecule has 0 aliphatic rings. The standard InChI is InChI=1S/C36H37ClF3N3O5S/c1-3-4-20-41-35(45)33(22-26-12-7-5-8-13-26)42(24-27-14-11-15-29(21-27)48-2)34(44)25-43(49(46,47)30-16-9-6-10-17-30)32-23-28(36(38,39)40)18-19-31(32)37/h5-19,21,23,33H,3-4,20,22,24-25H2,1-2H3,(H,41,45)/t33-/m1/s1. The molecule has 0 saturated heterocycles. The number of hydrogen-bond donors (Lipinski definition) is 1. The molecule has 49 heavy (non-hydrogen) atoms. The summed E-state index contributed by atoms with van der Waals surface area (Å²) in [4.78, 5) is 29.4. The average molecular weight is 716 g/mol. The maximum absolute atomic E-state index is 14.6. The Labute approximate surface area is 289 Å². The largest absolute Gasteiger partial charge is 0.497 e. The van der Waals surface area contributed by atoms with Crippen LogP contribution in [0.4, 0.5) is 18.9 Å². The number of halogens is 4. The highest BCUT2D eigenvalue weighted by Crippen LogP contribution is 2.37. The Bertz CT molecular complexity index is 1830. The van der Waals surface area contributed by atoms with Crippen molar-refractivity contribution in [2.24, 2.45) is 0 Å². The van der Waals surface area contributed by atoms with E-state index in [0.29, 0.717) is 34.7 Å². The molecule has 0 aliphatic carbocycles. The first kappa shape index (κ1) is 37.3. The van der Waals surface area contributed by atoms with Crippen LogP contribution in [0.1, 0.15) is 36.5 Å². The number of benzene rings is 4. The molecule has 0 unspecified atom stereocenters. The molecular formula is C36H37ClF3N3O5S. The Morgan fingerprint density at radius 2 is 1.55 bits per heavy atom. The number of alkyl halides is 3. The summed E-state index contributed by atoms with van der Waals surface area (Å²) in [6.07, 6.45) is -3.27. The second-order valence-electron chi connectivity index (χ2n) is 11.2. The number of anilines is 1. The van der Waals surface area contributed by atoms with E-state index in [9.17, 15) is 31.2 Å². The summed E-state index contributed by atoms with van der Waals surface area (Å²) >= 11 is 6.38. The van der Waals surface area contributed by atoms with Crippen LogP contribution in [0.3, 0.4) is 0 Å². The number of hydrogen-bond acceptors (Lipinski definition) is 5. The fourth-order valence-electron chi connectivity index (χ4n) is 5.14. The molecule has 0 aromatic heterocycles. The topological polar surface area (TPSA) is 96.0 Å². The van der Waals surface area contributed by atoms with E-state index in [1.54, 1.807) is 54.6 Å². The van der Waals surface area contributed by atoms with Gasteiger partial charge >= 0.3 is 6.18 Å². The van der Waals surface area contributed by atoms with E-state index in [-0.39, 0.29) is 22.9 Å². The van der Waals surface area contributed by atoms with Gasteiger partial charge < -0.3 is 15.0 Å². The van der Waals surface area contributed by atoms with Gasteiger partial charge in [-0.25, -0.2) is 8.42 Å². The predicted octanol–water partition coefficient (Wildman–Crippen LogP) is 7.12. The van der Waals surface area contributed by atoms with E-state index in [1.807, 2.05) is 13.0 Å². The van der Waals surface area contributed by atoms with Crippen LogP contribution < -0.4 is 14.4 Å². The van der Waals surface area contributed by atoms with Crippen molar-refractivity contribution in [2.45, 2.75) is 49.8 Å². The van der Waals surface area contributed by atoms with Crippen LogP contribution in [-0.2, 0) is 38.8 Å². The van der Waals surface area contributed by atoms with E-state index in [0.717, 1.165) is 24.1 Å². The first-order valence-corrected chi connectivity index (χ1v) is 17.4. The molecule has 2 amide bonds. The summed E-state index contributed by atoms with van der Waals surface area (Å²) in [5.74, 6) is -0.827. The fourth-order valence-corrected chi connectivity index (χ4v) is 6.86. The SMILES string of the molecule is CCCCNC(=O)[C@@H](Cc1ccccc1)N(Cc1cccc(OC)c1)C(=O)CN(c1cc(C(F)(F)F)ccc1Cl)S(=O)(=O)c1ccccc1. The maximum Gasteiger partial charge on any atom is 0.416 e. The number of sulfonamides is 1. The van der Waals surface area contributed by atoms with Gasteiger partial charge in [0.25, 0.3) is 10.0 Å². The van der Waals surface area contributed by atoms with Gasteiger partial charge in [-0.15, -0.1) is 0 Å². The molecule has 0 aliphatic heterocycles. The minimum atomic E-state index is -4.83. The van der Waals surface area contributed by atoms with Crippen LogP contribution >= 0.6 is 11.6 Å². The Morgan fingerprint density at radius 1 is 0.898 bits per heavy atom. The fraction of sp³-hybridized carbons (Fsp3) is 0.278. The van der Waals surface area contributed by atoms with Crippen LogP contribution in [0.25, 0.3) is 0 Å². The zero-order chi connectivity index (χ0) is 35.6. The van der Waals surface area contributed by atoms with Crippen LogP contribution in [0.5, 0.6) is 5.75 Å². The van der Waals surface area contributed by atoms with Crippen LogP contribution in [0.2, 0.25) is 5.02 Å². The van der Waals surface area contributed by atoms with Gasteiger partial charge in [-0.2, -0.15) is 13.2 Å². The smallest absolute Gasteiger partial charge is 0.416 e. The third-order valence-corrected chi connectivity index (χ3v) is 9.83. The van der Waals surface area contributed by atoms with E-state index < -0.39 is 51.9 Å². The minimum absolute atomic E-state index is 0.0737. The van der Waals surface area contributed by atoms with Crippen molar-refractivity contribution in [3.8, 4) is 5.75 Å². The number of ether oxygens (including phenoxy) is 1. The molecule has 1 atom stereocenters. The summed E-state index contributed by atoms with van der Waals surface area (Å²) in [7, 11) is -3.18. The van der Waals surface area contributed by atoms with Gasteiger partial charge in [0.15, 0.2) is 0 Å². The zero-order valence-corrected chi connectivity index (χ0v) is 28.6. The second-order valence-corrected chi connectivity index (χ2v) is 13.5. The molecule has 8 nitrogen and oxygen atoms in total. The normalized spacial score (nSPS) is 12.2. The van der Waals surface area contributed by atoms with Gasteiger partial charge in [0.05, 0.1) is 28.3 Å². The second kappa shape index (κ2) is 16.7. The molecule has 4 aromatic carbocycles. The summed E-state index contributed by atoms with van der Waals surface area (Å²) in [5, 5.41) is 2.56. The van der Waals surface area contributed by atoms with Gasteiger partial charge in [-0.05, 0) is 60.0 Å². The molecule has 0 radical (unpaired) electrons. The number of amides is 2. The van der Waals surface area contributed by atoms with Gasteiger partial charge in [-0.3, -0.25) is 13.9 Å². The average Bonchev–Trinajstić information content (AvgIpc) is 3.09. The third kappa shape index (κ3) is 9.76. The highest BCUT2D eigenvalue weighted by Gasteiger charge is 2.37. The molecule has 0 heterocycles. The summed E-state index contributed by atoms with van der Waals surface area (Å²) in [6.45, 7) is 1.20. The minimum Gasteiger partial charge on any atom is -0.497 e. The number of carbonyl (C=O) groups excluding carboxylic acids is 2. The molecule has 0 fully saturated rings.